The van der Waals surface area contributed by atoms with Gasteiger partial charge >= 0.3 is 0 Å². The first kappa shape index (κ1) is 5.05. The lowest BCUT2D eigenvalue weighted by Crippen LogP contribution is -1.73. The van der Waals surface area contributed by atoms with Crippen LogP contribution in [0.5, 0.6) is 0 Å². The van der Waals surface area contributed by atoms with Gasteiger partial charge in [0, 0.05) is 4.57 Å². The van der Waals surface area contributed by atoms with Gasteiger partial charge in [0.05, 0.1) is 0 Å². The van der Waals surface area contributed by atoms with Gasteiger partial charge in [-0.1, -0.05) is 15.9 Å². The molecule has 36 valence electrons. The van der Waals surface area contributed by atoms with Crippen molar-refractivity contribution in [3.05, 3.63) is 0 Å². The van der Waals surface area contributed by atoms with Crippen LogP contribution >= 0.6 is 24.5 Å². The molecule has 1 saturated heterocycles. The average molecular weight is 167 g/mol. The molecule has 1 fully saturated rings. The summed E-state index contributed by atoms with van der Waals surface area (Å²) in [5, 5.41) is 0. The van der Waals surface area contributed by atoms with Crippen LogP contribution in [0.1, 0.15) is 12.8 Å². The first-order valence-corrected chi connectivity index (χ1v) is 4.47. The van der Waals surface area contributed by atoms with Crippen LogP contribution in [0.25, 0.3) is 0 Å². The summed E-state index contributed by atoms with van der Waals surface area (Å²) in [5.74, 6) is 0. The summed E-state index contributed by atoms with van der Waals surface area (Å²) in [6, 6.07) is 0. The second-order valence-corrected chi connectivity index (χ2v) is 5.12. The van der Waals surface area contributed by atoms with Crippen LogP contribution in [-0.2, 0) is 0 Å². The van der Waals surface area contributed by atoms with Crippen LogP contribution in [0.4, 0.5) is 0 Å². The maximum Gasteiger partial charge on any atom is 0.0317 e. The maximum atomic E-state index is 3.55. The fourth-order valence-electron chi connectivity index (χ4n) is 0.642. The molecule has 6 heavy (non-hydrogen) atoms. The van der Waals surface area contributed by atoms with Crippen LogP contribution in [0, 0.1) is 0 Å². The molecule has 2 unspecified atom stereocenters. The molecule has 1 aliphatic rings. The van der Waals surface area contributed by atoms with Crippen molar-refractivity contribution in [1.82, 2.24) is 0 Å². The molecular formula is C4H8BrP. The fraction of sp³-hybridized carbons (Fsp3) is 1.00. The van der Waals surface area contributed by atoms with Crippen molar-refractivity contribution in [3.63, 3.8) is 0 Å². The topological polar surface area (TPSA) is 0 Å². The number of alkyl halides is 1. The van der Waals surface area contributed by atoms with E-state index in [1.165, 1.54) is 27.6 Å². The largest absolute Gasteiger partial charge is 0.108 e. The van der Waals surface area contributed by atoms with E-state index in [-0.39, 0.29) is 0 Å². The Morgan fingerprint density at radius 3 is 2.67 bits per heavy atom. The molecule has 0 N–H and O–H groups in total. The molecule has 0 aromatic carbocycles. The van der Waals surface area contributed by atoms with Gasteiger partial charge in [-0.3, -0.25) is 0 Å². The van der Waals surface area contributed by atoms with Crippen LogP contribution in [0.2, 0.25) is 0 Å². The van der Waals surface area contributed by atoms with E-state index in [4.69, 9.17) is 0 Å². The smallest absolute Gasteiger partial charge is 0.0317 e. The molecule has 0 amide bonds. The summed E-state index contributed by atoms with van der Waals surface area (Å²) in [7, 11) is 1.20. The Labute approximate surface area is 48.6 Å². The van der Waals surface area contributed by atoms with Crippen molar-refractivity contribution in [2.24, 2.45) is 0 Å². The second-order valence-electron chi connectivity index (χ2n) is 1.56. The monoisotopic (exact) mass is 166 g/mol. The van der Waals surface area contributed by atoms with Gasteiger partial charge in [-0.2, -0.15) is 0 Å². The van der Waals surface area contributed by atoms with Gasteiger partial charge in [0.1, 0.15) is 0 Å². The molecule has 2 heteroatoms. The molecular weight excluding hydrogens is 159 g/mol. The van der Waals surface area contributed by atoms with E-state index in [1.807, 2.05) is 0 Å². The van der Waals surface area contributed by atoms with Gasteiger partial charge in [-0.15, -0.1) is 8.58 Å². The SMILES string of the molecule is BrC1CCCP1. The number of halogens is 1. The molecule has 0 aromatic heterocycles. The minimum atomic E-state index is 0.887. The van der Waals surface area contributed by atoms with E-state index >= 15 is 0 Å². The Morgan fingerprint density at radius 1 is 1.67 bits per heavy atom. The maximum absolute atomic E-state index is 3.55. The highest BCUT2D eigenvalue weighted by atomic mass is 79.9. The molecule has 0 aromatic rings. The van der Waals surface area contributed by atoms with Crippen LogP contribution in [0.15, 0.2) is 0 Å². The number of hydrogen-bond acceptors (Lipinski definition) is 0. The standard InChI is InChI=1S/C4H8BrP/c5-4-2-1-3-6-4/h4,6H,1-3H2. The summed E-state index contributed by atoms with van der Waals surface area (Å²) in [4.78, 5) is 0. The Morgan fingerprint density at radius 2 is 2.50 bits per heavy atom. The summed E-state index contributed by atoms with van der Waals surface area (Å²) < 4.78 is 0.887. The van der Waals surface area contributed by atoms with Crippen LogP contribution in [0.3, 0.4) is 0 Å². The van der Waals surface area contributed by atoms with Gasteiger partial charge in [0.15, 0.2) is 0 Å². The molecule has 1 rings (SSSR count). The van der Waals surface area contributed by atoms with Crippen LogP contribution in [-0.4, -0.2) is 10.7 Å². The second kappa shape index (κ2) is 2.28. The summed E-state index contributed by atoms with van der Waals surface area (Å²) in [6.07, 6.45) is 4.34. The summed E-state index contributed by atoms with van der Waals surface area (Å²) in [6.45, 7) is 0. The van der Waals surface area contributed by atoms with Crippen molar-refractivity contribution >= 4 is 24.5 Å². The molecule has 1 heterocycles. The Hall–Kier alpha value is 0.910. The zero-order valence-corrected chi connectivity index (χ0v) is 6.16. The van der Waals surface area contributed by atoms with Crippen molar-refractivity contribution in [2.45, 2.75) is 17.4 Å². The molecule has 0 spiro atoms. The van der Waals surface area contributed by atoms with Crippen molar-refractivity contribution in [2.75, 3.05) is 6.16 Å². The van der Waals surface area contributed by atoms with Gasteiger partial charge in [-0.25, -0.2) is 0 Å². The molecule has 0 radical (unpaired) electrons. The molecule has 0 aliphatic carbocycles. The van der Waals surface area contributed by atoms with Gasteiger partial charge < -0.3 is 0 Å². The first-order chi connectivity index (χ1) is 2.89. The van der Waals surface area contributed by atoms with E-state index in [9.17, 15) is 0 Å². The third-order valence-corrected chi connectivity index (χ3v) is 3.80. The lowest BCUT2D eigenvalue weighted by atomic mass is 10.4. The number of hydrogen-bond donors (Lipinski definition) is 0. The van der Waals surface area contributed by atoms with Gasteiger partial charge in [-0.05, 0) is 19.0 Å². The zero-order chi connectivity index (χ0) is 4.41. The van der Waals surface area contributed by atoms with Crippen LogP contribution < -0.4 is 0 Å². The third kappa shape index (κ3) is 1.20. The third-order valence-electron chi connectivity index (χ3n) is 1.00. The fourth-order valence-corrected chi connectivity index (χ4v) is 2.78. The molecule has 2 atom stereocenters. The van der Waals surface area contributed by atoms with Crippen molar-refractivity contribution in [3.8, 4) is 0 Å². The minimum Gasteiger partial charge on any atom is -0.108 e. The Bertz CT molecular complexity index is 40.8. The quantitative estimate of drug-likeness (QED) is 0.383. The lowest BCUT2D eigenvalue weighted by Gasteiger charge is -1.89. The number of rotatable bonds is 0. The van der Waals surface area contributed by atoms with Gasteiger partial charge in [0.2, 0.25) is 0 Å². The predicted molar refractivity (Wildman–Crippen MR) is 35.1 cm³/mol. The van der Waals surface area contributed by atoms with E-state index in [1.54, 1.807) is 0 Å². The highest BCUT2D eigenvalue weighted by Gasteiger charge is 2.08. The first-order valence-electron chi connectivity index (χ1n) is 2.27. The Balaban J connectivity index is 2.18. The van der Waals surface area contributed by atoms with E-state index in [2.05, 4.69) is 15.9 Å². The average Bonchev–Trinajstić information content (AvgIpc) is 1.86. The Kier molecular flexibility index (Phi) is 1.92. The molecule has 0 saturated carbocycles. The van der Waals surface area contributed by atoms with E-state index in [0.29, 0.717) is 0 Å². The van der Waals surface area contributed by atoms with Gasteiger partial charge in [0.25, 0.3) is 0 Å². The normalized spacial score (nSPS) is 38.5. The van der Waals surface area contributed by atoms with Crippen molar-refractivity contribution in [1.29, 1.82) is 0 Å². The highest BCUT2D eigenvalue weighted by molar-refractivity contribution is 9.10. The van der Waals surface area contributed by atoms with E-state index in [0.717, 1.165) is 4.57 Å². The molecule has 0 bridgehead atoms. The summed E-state index contributed by atoms with van der Waals surface area (Å²) >= 11 is 3.55. The lowest BCUT2D eigenvalue weighted by molar-refractivity contribution is 0.930. The van der Waals surface area contributed by atoms with Crippen molar-refractivity contribution < 1.29 is 0 Å². The van der Waals surface area contributed by atoms with E-state index < -0.39 is 0 Å². The highest BCUT2D eigenvalue weighted by Crippen LogP contribution is 2.36. The molecule has 1 aliphatic heterocycles. The predicted octanol–water partition coefficient (Wildman–Crippen LogP) is 2.18. The molecule has 0 nitrogen and oxygen atoms in total. The minimum absolute atomic E-state index is 0.887. The summed E-state index contributed by atoms with van der Waals surface area (Å²) in [5.41, 5.74) is 0. The zero-order valence-electron chi connectivity index (χ0n) is 3.58.